The zero-order valence-electron chi connectivity index (χ0n) is 14.9. The second-order valence-electron chi connectivity index (χ2n) is 6.15. The summed E-state index contributed by atoms with van der Waals surface area (Å²) >= 11 is 0. The fraction of sp³-hybridized carbons (Fsp3) is 0.579. The lowest BCUT2D eigenvalue weighted by molar-refractivity contribution is -0.140. The van der Waals surface area contributed by atoms with Crippen LogP contribution < -0.4 is 5.32 Å². The number of carbonyl (C=O) groups excluding carboxylic acids is 1. The number of rotatable bonds is 7. The topological polar surface area (TPSA) is 53.9 Å². The molecule has 1 heterocycles. The number of hydrogen-bond donors (Lipinski definition) is 1. The minimum absolute atomic E-state index is 0.112. The molecular weight excluding hydrogens is 302 g/mol. The van der Waals surface area contributed by atoms with Gasteiger partial charge in [-0.2, -0.15) is 0 Å². The number of nitrogens with zero attached hydrogens (tertiary/aromatic N) is 2. The molecule has 0 saturated heterocycles. The highest BCUT2D eigenvalue weighted by Crippen LogP contribution is 2.18. The maximum atomic E-state index is 11.0. The lowest BCUT2D eigenvalue weighted by atomic mass is 10.0. The molecule has 0 atom stereocenters. The summed E-state index contributed by atoms with van der Waals surface area (Å²) in [6.45, 7) is 2.85. The molecule has 132 valence electrons. The van der Waals surface area contributed by atoms with E-state index in [0.717, 1.165) is 57.7 Å². The second-order valence-corrected chi connectivity index (χ2v) is 6.15. The maximum absolute atomic E-state index is 11.0. The summed E-state index contributed by atoms with van der Waals surface area (Å²) in [7, 11) is 3.29. The number of esters is 1. The second kappa shape index (κ2) is 9.96. The smallest absolute Gasteiger partial charge is 0.305 e. The summed E-state index contributed by atoms with van der Waals surface area (Å²) in [5, 5.41) is 3.47. The van der Waals surface area contributed by atoms with Gasteiger partial charge >= 0.3 is 5.97 Å². The van der Waals surface area contributed by atoms with Crippen LogP contribution in [0.3, 0.4) is 0 Å². The van der Waals surface area contributed by atoms with Crippen molar-refractivity contribution in [1.29, 1.82) is 0 Å². The van der Waals surface area contributed by atoms with E-state index in [1.54, 1.807) is 0 Å². The van der Waals surface area contributed by atoms with Gasteiger partial charge in [-0.05, 0) is 30.4 Å². The molecule has 5 nitrogen and oxygen atoms in total. The number of ether oxygens (including phenoxy) is 1. The zero-order valence-corrected chi connectivity index (χ0v) is 14.9. The Morgan fingerprint density at radius 3 is 2.71 bits per heavy atom. The molecule has 1 N–H and O–H groups in total. The average Bonchev–Trinajstić information content (AvgIpc) is 2.63. The van der Waals surface area contributed by atoms with Crippen molar-refractivity contribution in [2.45, 2.75) is 45.1 Å². The van der Waals surface area contributed by atoms with Gasteiger partial charge in [-0.15, -0.1) is 0 Å². The van der Waals surface area contributed by atoms with Gasteiger partial charge in [0.25, 0.3) is 0 Å². The summed E-state index contributed by atoms with van der Waals surface area (Å²) in [6.07, 6.45) is 5.77. The molecule has 0 fully saturated rings. The van der Waals surface area contributed by atoms with Gasteiger partial charge < -0.3 is 15.0 Å². The quantitative estimate of drug-likeness (QED) is 0.361. The van der Waals surface area contributed by atoms with Crippen molar-refractivity contribution in [1.82, 2.24) is 10.2 Å². The molecule has 0 spiro atoms. The third-order valence-corrected chi connectivity index (χ3v) is 4.46. The van der Waals surface area contributed by atoms with Gasteiger partial charge in [0, 0.05) is 33.1 Å². The first kappa shape index (κ1) is 18.3. The molecule has 0 bridgehead atoms. The standard InChI is InChI=1S/C19H29N3O2/c1-20-19(21-13-8-4-3-5-11-18(23)24-2)22-14-12-16-9-6-7-10-17(16)15-22/h6-7,9-10H,3-5,8,11-15H2,1-2H3,(H,20,21). The SMILES string of the molecule is CN=C(NCCCCCCC(=O)OC)N1CCc2ccccc2C1. The fourth-order valence-corrected chi connectivity index (χ4v) is 3.06. The molecule has 0 unspecified atom stereocenters. The Morgan fingerprint density at radius 2 is 1.96 bits per heavy atom. The number of nitrogens with one attached hydrogen (secondary N) is 1. The summed E-state index contributed by atoms with van der Waals surface area (Å²) < 4.78 is 4.64. The van der Waals surface area contributed by atoms with Crippen molar-refractivity contribution in [2.75, 3.05) is 27.2 Å². The van der Waals surface area contributed by atoms with Crippen LogP contribution in [0, 0.1) is 0 Å². The van der Waals surface area contributed by atoms with E-state index in [-0.39, 0.29) is 5.97 Å². The lowest BCUT2D eigenvalue weighted by Crippen LogP contribution is -2.44. The van der Waals surface area contributed by atoms with E-state index in [0.29, 0.717) is 6.42 Å². The molecule has 1 aromatic rings. The number of methoxy groups -OCH3 is 1. The molecule has 24 heavy (non-hydrogen) atoms. The Labute approximate surface area is 145 Å². The lowest BCUT2D eigenvalue weighted by Gasteiger charge is -2.31. The van der Waals surface area contributed by atoms with Crippen LogP contribution in [0.25, 0.3) is 0 Å². The molecule has 0 saturated carbocycles. The van der Waals surface area contributed by atoms with Crippen molar-refractivity contribution in [3.05, 3.63) is 35.4 Å². The summed E-state index contributed by atoms with van der Waals surface area (Å²) in [6, 6.07) is 8.64. The monoisotopic (exact) mass is 331 g/mol. The highest BCUT2D eigenvalue weighted by Gasteiger charge is 2.18. The number of aliphatic imine (C=N–C) groups is 1. The van der Waals surface area contributed by atoms with E-state index in [4.69, 9.17) is 0 Å². The van der Waals surface area contributed by atoms with Crippen molar-refractivity contribution < 1.29 is 9.53 Å². The average molecular weight is 331 g/mol. The number of fused-ring (bicyclic) bond motifs is 1. The van der Waals surface area contributed by atoms with Crippen LogP contribution in [-0.2, 0) is 22.5 Å². The van der Waals surface area contributed by atoms with Gasteiger partial charge in [-0.25, -0.2) is 0 Å². The van der Waals surface area contributed by atoms with Crippen LogP contribution in [0.2, 0.25) is 0 Å². The highest BCUT2D eigenvalue weighted by atomic mass is 16.5. The largest absolute Gasteiger partial charge is 0.469 e. The Hall–Kier alpha value is -2.04. The van der Waals surface area contributed by atoms with Crippen molar-refractivity contribution in [2.24, 2.45) is 4.99 Å². The Bertz CT molecular complexity index is 557. The fourth-order valence-electron chi connectivity index (χ4n) is 3.06. The minimum Gasteiger partial charge on any atom is -0.469 e. The molecule has 5 heteroatoms. The number of guanidine groups is 1. The van der Waals surface area contributed by atoms with Crippen molar-refractivity contribution >= 4 is 11.9 Å². The number of unbranched alkanes of at least 4 members (excludes halogenated alkanes) is 3. The highest BCUT2D eigenvalue weighted by molar-refractivity contribution is 5.80. The Morgan fingerprint density at radius 1 is 1.21 bits per heavy atom. The predicted octanol–water partition coefficient (Wildman–Crippen LogP) is 2.74. The van der Waals surface area contributed by atoms with Crippen molar-refractivity contribution in [3.63, 3.8) is 0 Å². The normalized spacial score (nSPS) is 14.2. The van der Waals surface area contributed by atoms with Gasteiger partial charge in [0.15, 0.2) is 5.96 Å². The first-order valence-corrected chi connectivity index (χ1v) is 8.83. The molecule has 0 aromatic heterocycles. The van der Waals surface area contributed by atoms with E-state index in [9.17, 15) is 4.79 Å². The molecule has 0 radical (unpaired) electrons. The molecular formula is C19H29N3O2. The molecule has 0 aliphatic carbocycles. The molecule has 0 amide bonds. The van der Waals surface area contributed by atoms with Crippen molar-refractivity contribution in [3.8, 4) is 0 Å². The van der Waals surface area contributed by atoms with Crippen LogP contribution in [-0.4, -0.2) is 44.1 Å². The molecule has 1 aliphatic rings. The van der Waals surface area contributed by atoms with E-state index in [2.05, 4.69) is 44.2 Å². The van der Waals surface area contributed by atoms with Gasteiger partial charge in [-0.3, -0.25) is 9.79 Å². The van der Waals surface area contributed by atoms with E-state index in [1.807, 2.05) is 7.05 Å². The van der Waals surface area contributed by atoms with Gasteiger partial charge in [0.2, 0.25) is 0 Å². The van der Waals surface area contributed by atoms with Gasteiger partial charge in [-0.1, -0.05) is 37.1 Å². The summed E-state index contributed by atoms with van der Waals surface area (Å²) in [4.78, 5) is 17.8. The van der Waals surface area contributed by atoms with Crippen LogP contribution in [0.4, 0.5) is 0 Å². The number of carbonyl (C=O) groups is 1. The molecule has 1 aromatic carbocycles. The van der Waals surface area contributed by atoms with Crippen LogP contribution in [0.5, 0.6) is 0 Å². The minimum atomic E-state index is -0.112. The van der Waals surface area contributed by atoms with Crippen LogP contribution >= 0.6 is 0 Å². The van der Waals surface area contributed by atoms with E-state index < -0.39 is 0 Å². The Balaban J connectivity index is 1.66. The van der Waals surface area contributed by atoms with E-state index >= 15 is 0 Å². The third kappa shape index (κ3) is 5.55. The van der Waals surface area contributed by atoms with Gasteiger partial charge in [0.05, 0.1) is 7.11 Å². The molecule has 2 rings (SSSR count). The van der Waals surface area contributed by atoms with Gasteiger partial charge in [0.1, 0.15) is 0 Å². The number of hydrogen-bond acceptors (Lipinski definition) is 3. The van der Waals surface area contributed by atoms with Crippen LogP contribution in [0.1, 0.15) is 43.2 Å². The zero-order chi connectivity index (χ0) is 17.2. The summed E-state index contributed by atoms with van der Waals surface area (Å²) in [5.41, 5.74) is 2.85. The van der Waals surface area contributed by atoms with E-state index in [1.165, 1.54) is 18.2 Å². The third-order valence-electron chi connectivity index (χ3n) is 4.46. The first-order valence-electron chi connectivity index (χ1n) is 8.83. The number of benzene rings is 1. The first-order chi connectivity index (χ1) is 11.7. The predicted molar refractivity (Wildman–Crippen MR) is 97.0 cm³/mol. The summed E-state index contributed by atoms with van der Waals surface area (Å²) in [5.74, 6) is 0.873. The molecule has 1 aliphatic heterocycles. The maximum Gasteiger partial charge on any atom is 0.305 e. The van der Waals surface area contributed by atoms with Crippen LogP contribution in [0.15, 0.2) is 29.3 Å². The Kier molecular flexibility index (Phi) is 7.59.